The van der Waals surface area contributed by atoms with Gasteiger partial charge in [-0.25, -0.2) is 0 Å². The maximum atomic E-state index is 10.3. The van der Waals surface area contributed by atoms with Crippen molar-refractivity contribution in [2.24, 2.45) is 0 Å². The van der Waals surface area contributed by atoms with E-state index in [-0.39, 0.29) is 0 Å². The van der Waals surface area contributed by atoms with Crippen molar-refractivity contribution in [2.45, 2.75) is 18.6 Å². The number of hydrogen-bond donors (Lipinski definition) is 2. The zero-order chi connectivity index (χ0) is 13.6. The average molecular weight is 279 g/mol. The van der Waals surface area contributed by atoms with Gasteiger partial charge in [-0.3, -0.25) is 0 Å². The van der Waals surface area contributed by atoms with Crippen molar-refractivity contribution in [1.29, 1.82) is 0 Å². The van der Waals surface area contributed by atoms with E-state index in [2.05, 4.69) is 11.9 Å². The molecule has 0 aromatic heterocycles. The third kappa shape index (κ3) is 4.27. The van der Waals surface area contributed by atoms with Gasteiger partial charge in [-0.2, -0.15) is 11.8 Å². The Morgan fingerprint density at radius 3 is 3.05 bits per heavy atom. The van der Waals surface area contributed by atoms with Crippen molar-refractivity contribution >= 4 is 11.8 Å². The Labute approximate surface area is 119 Å². The zero-order valence-electron chi connectivity index (χ0n) is 11.1. The molecule has 104 valence electrons. The van der Waals surface area contributed by atoms with Gasteiger partial charge < -0.3 is 15.2 Å². The van der Waals surface area contributed by atoms with Gasteiger partial charge in [-0.1, -0.05) is 30.9 Å². The molecule has 0 saturated carbocycles. The van der Waals surface area contributed by atoms with E-state index >= 15 is 0 Å². The summed E-state index contributed by atoms with van der Waals surface area (Å²) in [4.78, 5) is 0. The van der Waals surface area contributed by atoms with E-state index in [4.69, 9.17) is 4.74 Å². The molecule has 1 saturated heterocycles. The van der Waals surface area contributed by atoms with Crippen molar-refractivity contribution in [3.05, 3.63) is 42.5 Å². The van der Waals surface area contributed by atoms with Gasteiger partial charge in [0.25, 0.3) is 0 Å². The second kappa shape index (κ2) is 6.98. The minimum atomic E-state index is -0.540. The molecule has 1 aliphatic heterocycles. The lowest BCUT2D eigenvalue weighted by Crippen LogP contribution is -2.40. The highest BCUT2D eigenvalue weighted by atomic mass is 32.2. The Morgan fingerprint density at radius 2 is 2.32 bits per heavy atom. The van der Waals surface area contributed by atoms with Gasteiger partial charge in [0.15, 0.2) is 0 Å². The summed E-state index contributed by atoms with van der Waals surface area (Å²) in [6.07, 6.45) is 2.61. The summed E-state index contributed by atoms with van der Waals surface area (Å²) in [6.45, 7) is 5.51. The number of rotatable bonds is 7. The van der Waals surface area contributed by atoms with Crippen LogP contribution in [-0.4, -0.2) is 35.4 Å². The van der Waals surface area contributed by atoms with Gasteiger partial charge in [0.2, 0.25) is 0 Å². The van der Waals surface area contributed by atoms with Crippen LogP contribution in [-0.2, 0) is 6.54 Å². The lowest BCUT2D eigenvalue weighted by Gasteiger charge is -2.22. The molecule has 1 unspecified atom stereocenters. The molecule has 1 aliphatic rings. The quantitative estimate of drug-likeness (QED) is 0.751. The summed E-state index contributed by atoms with van der Waals surface area (Å²) in [5.74, 6) is 2.76. The fourth-order valence-corrected chi connectivity index (χ4v) is 3.40. The van der Waals surface area contributed by atoms with Gasteiger partial charge in [0.05, 0.1) is 5.60 Å². The highest BCUT2D eigenvalue weighted by Crippen LogP contribution is 2.27. The summed E-state index contributed by atoms with van der Waals surface area (Å²) in [5, 5.41) is 13.6. The number of nitrogens with one attached hydrogen (secondary N) is 1. The van der Waals surface area contributed by atoms with Crippen molar-refractivity contribution in [1.82, 2.24) is 5.32 Å². The number of ether oxygens (including phenoxy) is 1. The van der Waals surface area contributed by atoms with Gasteiger partial charge in [-0.05, 0) is 18.2 Å². The topological polar surface area (TPSA) is 41.5 Å². The number of benzene rings is 1. The Hall–Kier alpha value is -0.970. The number of para-hydroxylation sites is 1. The summed E-state index contributed by atoms with van der Waals surface area (Å²) >= 11 is 1.82. The molecule has 1 aromatic carbocycles. The fraction of sp³-hybridized carbons (Fsp3) is 0.467. The minimum Gasteiger partial charge on any atom is -0.489 e. The molecular weight excluding hydrogens is 258 g/mol. The summed E-state index contributed by atoms with van der Waals surface area (Å²) in [6, 6.07) is 7.96. The van der Waals surface area contributed by atoms with E-state index in [9.17, 15) is 5.11 Å². The van der Waals surface area contributed by atoms with Crippen molar-refractivity contribution in [3.8, 4) is 5.75 Å². The van der Waals surface area contributed by atoms with Gasteiger partial charge in [0.1, 0.15) is 12.4 Å². The van der Waals surface area contributed by atoms with Gasteiger partial charge in [-0.15, -0.1) is 0 Å². The first-order chi connectivity index (χ1) is 9.23. The van der Waals surface area contributed by atoms with Crippen LogP contribution in [0.25, 0.3) is 0 Å². The standard InChI is InChI=1S/C15H21NO2S/c1-2-8-18-14-6-4-3-5-13(14)10-16-11-15(17)7-9-19-12-15/h2-6,16-17H,1,7-12H2. The van der Waals surface area contributed by atoms with Crippen molar-refractivity contribution in [3.63, 3.8) is 0 Å². The van der Waals surface area contributed by atoms with Crippen LogP contribution in [0.4, 0.5) is 0 Å². The molecule has 0 radical (unpaired) electrons. The van der Waals surface area contributed by atoms with Crippen LogP contribution in [0.2, 0.25) is 0 Å². The Balaban J connectivity index is 1.86. The number of thioether (sulfide) groups is 1. The van der Waals surface area contributed by atoms with Crippen LogP contribution in [0, 0.1) is 0 Å². The minimum absolute atomic E-state index is 0.511. The molecule has 19 heavy (non-hydrogen) atoms. The predicted molar refractivity (Wildman–Crippen MR) is 80.7 cm³/mol. The third-order valence-corrected chi connectivity index (χ3v) is 4.42. The summed E-state index contributed by atoms with van der Waals surface area (Å²) < 4.78 is 5.61. The SMILES string of the molecule is C=CCOc1ccccc1CNCC1(O)CCSC1. The van der Waals surface area contributed by atoms with E-state index in [1.165, 1.54) is 0 Å². The van der Waals surface area contributed by atoms with Crippen LogP contribution in [0.3, 0.4) is 0 Å². The molecule has 0 bridgehead atoms. The smallest absolute Gasteiger partial charge is 0.124 e. The molecule has 3 nitrogen and oxygen atoms in total. The maximum Gasteiger partial charge on any atom is 0.124 e. The normalized spacial score (nSPS) is 22.4. The molecule has 2 N–H and O–H groups in total. The van der Waals surface area contributed by atoms with Crippen molar-refractivity contribution in [2.75, 3.05) is 24.7 Å². The van der Waals surface area contributed by atoms with E-state index in [0.29, 0.717) is 19.7 Å². The molecule has 1 fully saturated rings. The fourth-order valence-electron chi connectivity index (χ4n) is 2.11. The van der Waals surface area contributed by atoms with Gasteiger partial charge >= 0.3 is 0 Å². The van der Waals surface area contributed by atoms with E-state index in [0.717, 1.165) is 29.2 Å². The van der Waals surface area contributed by atoms with Crippen LogP contribution < -0.4 is 10.1 Å². The Kier molecular flexibility index (Phi) is 5.31. The van der Waals surface area contributed by atoms with Crippen LogP contribution in [0.5, 0.6) is 5.75 Å². The molecule has 0 aliphatic carbocycles. The summed E-state index contributed by atoms with van der Waals surface area (Å²) in [7, 11) is 0. The molecular formula is C15H21NO2S. The van der Waals surface area contributed by atoms with Crippen molar-refractivity contribution < 1.29 is 9.84 Å². The molecule has 0 amide bonds. The first kappa shape index (κ1) is 14.4. The van der Waals surface area contributed by atoms with Crippen LogP contribution >= 0.6 is 11.8 Å². The van der Waals surface area contributed by atoms with E-state index in [1.807, 2.05) is 36.0 Å². The number of hydrogen-bond acceptors (Lipinski definition) is 4. The van der Waals surface area contributed by atoms with E-state index in [1.54, 1.807) is 6.08 Å². The Morgan fingerprint density at radius 1 is 1.47 bits per heavy atom. The molecule has 1 atom stereocenters. The molecule has 4 heteroatoms. The molecule has 0 spiro atoms. The third-order valence-electron chi connectivity index (χ3n) is 3.18. The maximum absolute atomic E-state index is 10.3. The van der Waals surface area contributed by atoms with Crippen LogP contribution in [0.15, 0.2) is 36.9 Å². The van der Waals surface area contributed by atoms with E-state index < -0.39 is 5.60 Å². The molecule has 1 heterocycles. The highest BCUT2D eigenvalue weighted by Gasteiger charge is 2.30. The average Bonchev–Trinajstić information content (AvgIpc) is 2.85. The first-order valence-electron chi connectivity index (χ1n) is 6.56. The lowest BCUT2D eigenvalue weighted by atomic mass is 10.0. The first-order valence-corrected chi connectivity index (χ1v) is 7.71. The number of aliphatic hydroxyl groups is 1. The molecule has 1 aromatic rings. The lowest BCUT2D eigenvalue weighted by molar-refractivity contribution is 0.0674. The van der Waals surface area contributed by atoms with Crippen LogP contribution in [0.1, 0.15) is 12.0 Å². The summed E-state index contributed by atoms with van der Waals surface area (Å²) in [5.41, 5.74) is 0.570. The van der Waals surface area contributed by atoms with Gasteiger partial charge in [0, 0.05) is 24.4 Å². The second-order valence-corrected chi connectivity index (χ2v) is 5.94. The predicted octanol–water partition coefficient (Wildman–Crippen LogP) is 2.21. The highest BCUT2D eigenvalue weighted by molar-refractivity contribution is 7.99. The second-order valence-electron chi connectivity index (χ2n) is 4.84. The zero-order valence-corrected chi connectivity index (χ0v) is 11.9. The monoisotopic (exact) mass is 279 g/mol. The Bertz CT molecular complexity index is 416. The molecule has 2 rings (SSSR count). The largest absolute Gasteiger partial charge is 0.489 e.